The molecule has 0 bridgehead atoms. The number of carbonyl (C=O) groups is 2. The molecule has 1 heterocycles. The first-order valence-electron chi connectivity index (χ1n) is 5.34. The summed E-state index contributed by atoms with van der Waals surface area (Å²) in [6, 6.07) is 4.76. The van der Waals surface area contributed by atoms with Crippen LogP contribution >= 0.6 is 0 Å². The van der Waals surface area contributed by atoms with Crippen molar-refractivity contribution in [2.24, 2.45) is 0 Å². The van der Waals surface area contributed by atoms with Crippen molar-refractivity contribution in [1.82, 2.24) is 15.1 Å². The van der Waals surface area contributed by atoms with E-state index >= 15 is 0 Å². The van der Waals surface area contributed by atoms with E-state index in [4.69, 9.17) is 5.11 Å². The van der Waals surface area contributed by atoms with Gasteiger partial charge in [-0.15, -0.1) is 0 Å². The van der Waals surface area contributed by atoms with Crippen LogP contribution in [0.4, 0.5) is 4.39 Å². The smallest absolute Gasteiger partial charge is 0.338 e. The number of benzene rings is 1. The van der Waals surface area contributed by atoms with Crippen molar-refractivity contribution in [3.05, 3.63) is 47.5 Å². The summed E-state index contributed by atoms with van der Waals surface area (Å²) in [5.41, 5.74) is 0.0961. The normalized spacial score (nSPS) is 10.2. The van der Waals surface area contributed by atoms with Crippen LogP contribution in [0.5, 0.6) is 0 Å². The largest absolute Gasteiger partial charge is 0.478 e. The van der Waals surface area contributed by atoms with Crippen LogP contribution < -0.4 is 5.32 Å². The minimum Gasteiger partial charge on any atom is -0.478 e. The van der Waals surface area contributed by atoms with Gasteiger partial charge in [0.25, 0.3) is 5.91 Å². The second-order valence-electron chi connectivity index (χ2n) is 3.69. The molecule has 6 nitrogen and oxygen atoms in total. The highest BCUT2D eigenvalue weighted by Gasteiger charge is 2.15. The molecule has 0 saturated carbocycles. The summed E-state index contributed by atoms with van der Waals surface area (Å²) >= 11 is 0. The Hall–Kier alpha value is -2.70. The summed E-state index contributed by atoms with van der Waals surface area (Å²) in [6.07, 6.45) is 1.43. The molecule has 2 N–H and O–H groups in total. The van der Waals surface area contributed by atoms with Crippen molar-refractivity contribution in [3.8, 4) is 5.69 Å². The third-order valence-electron chi connectivity index (χ3n) is 2.48. The first-order chi connectivity index (χ1) is 9.02. The maximum atomic E-state index is 13.1. The number of carboxylic acids is 1. The van der Waals surface area contributed by atoms with Gasteiger partial charge in [-0.25, -0.2) is 13.9 Å². The zero-order valence-electron chi connectivity index (χ0n) is 9.92. The molecular formula is C12H10FN3O3. The number of hydrogen-bond acceptors (Lipinski definition) is 3. The van der Waals surface area contributed by atoms with Crippen molar-refractivity contribution < 1.29 is 19.1 Å². The monoisotopic (exact) mass is 263 g/mol. The third-order valence-corrected chi connectivity index (χ3v) is 2.48. The fourth-order valence-corrected chi connectivity index (χ4v) is 1.59. The lowest BCUT2D eigenvalue weighted by molar-refractivity contribution is 0.0696. The fourth-order valence-electron chi connectivity index (χ4n) is 1.59. The molecule has 0 spiro atoms. The molecule has 0 saturated heterocycles. The average Bonchev–Trinajstić information content (AvgIpc) is 2.87. The van der Waals surface area contributed by atoms with Crippen LogP contribution in [0.1, 0.15) is 20.8 Å². The second-order valence-corrected chi connectivity index (χ2v) is 3.69. The SMILES string of the molecule is CNC(=O)c1ccn(-c2ccc(F)cc2C(=O)O)n1. The number of halogens is 1. The van der Waals surface area contributed by atoms with E-state index in [9.17, 15) is 14.0 Å². The Morgan fingerprint density at radius 3 is 2.74 bits per heavy atom. The predicted molar refractivity (Wildman–Crippen MR) is 63.9 cm³/mol. The molecule has 0 aliphatic rings. The highest BCUT2D eigenvalue weighted by atomic mass is 19.1. The van der Waals surface area contributed by atoms with E-state index in [0.29, 0.717) is 0 Å². The third kappa shape index (κ3) is 2.44. The van der Waals surface area contributed by atoms with Gasteiger partial charge in [-0.2, -0.15) is 5.10 Å². The predicted octanol–water partition coefficient (Wildman–Crippen LogP) is 1.07. The number of rotatable bonds is 3. The number of aromatic nitrogens is 2. The van der Waals surface area contributed by atoms with Gasteiger partial charge >= 0.3 is 5.97 Å². The van der Waals surface area contributed by atoms with Crippen LogP contribution in [-0.4, -0.2) is 33.8 Å². The Bertz CT molecular complexity index is 651. The van der Waals surface area contributed by atoms with Gasteiger partial charge in [0.15, 0.2) is 5.69 Å². The van der Waals surface area contributed by atoms with Crippen LogP contribution in [0, 0.1) is 5.82 Å². The topological polar surface area (TPSA) is 84.2 Å². The highest BCUT2D eigenvalue weighted by Crippen LogP contribution is 2.16. The standard InChI is InChI=1S/C12H10FN3O3/c1-14-11(17)9-4-5-16(15-9)10-3-2-7(13)6-8(10)12(18)19/h2-6H,1H3,(H,14,17)(H,18,19). The molecule has 7 heteroatoms. The number of hydrogen-bond donors (Lipinski definition) is 2. The number of carbonyl (C=O) groups excluding carboxylic acids is 1. The van der Waals surface area contributed by atoms with Gasteiger partial charge in [0.2, 0.25) is 0 Å². The van der Waals surface area contributed by atoms with Crippen molar-refractivity contribution in [2.75, 3.05) is 7.05 Å². The van der Waals surface area contributed by atoms with E-state index < -0.39 is 17.7 Å². The lowest BCUT2D eigenvalue weighted by Crippen LogP contribution is -2.18. The first-order valence-corrected chi connectivity index (χ1v) is 5.34. The van der Waals surface area contributed by atoms with Crippen molar-refractivity contribution in [2.45, 2.75) is 0 Å². The quantitative estimate of drug-likeness (QED) is 0.867. The van der Waals surface area contributed by atoms with Gasteiger partial charge in [0.1, 0.15) is 5.82 Å². The molecule has 1 amide bonds. The lowest BCUT2D eigenvalue weighted by Gasteiger charge is -2.05. The number of nitrogens with one attached hydrogen (secondary N) is 1. The number of nitrogens with zero attached hydrogens (tertiary/aromatic N) is 2. The fraction of sp³-hybridized carbons (Fsp3) is 0.0833. The van der Waals surface area contributed by atoms with E-state index in [0.717, 1.165) is 12.1 Å². The van der Waals surface area contributed by atoms with E-state index in [1.807, 2.05) is 0 Å². The van der Waals surface area contributed by atoms with Gasteiger partial charge < -0.3 is 10.4 Å². The van der Waals surface area contributed by atoms with Crippen LogP contribution in [0.15, 0.2) is 30.5 Å². The summed E-state index contributed by atoms with van der Waals surface area (Å²) in [5, 5.41) is 15.4. The maximum Gasteiger partial charge on any atom is 0.338 e. The molecule has 98 valence electrons. The zero-order valence-corrected chi connectivity index (χ0v) is 9.92. The van der Waals surface area contributed by atoms with Crippen LogP contribution in [0.3, 0.4) is 0 Å². The van der Waals surface area contributed by atoms with Crippen LogP contribution in [0.2, 0.25) is 0 Å². The summed E-state index contributed by atoms with van der Waals surface area (Å²) < 4.78 is 14.3. The van der Waals surface area contributed by atoms with E-state index in [1.54, 1.807) is 0 Å². The average molecular weight is 263 g/mol. The van der Waals surface area contributed by atoms with E-state index in [1.165, 1.54) is 30.1 Å². The number of aromatic carboxylic acids is 1. The minimum atomic E-state index is -1.27. The molecule has 19 heavy (non-hydrogen) atoms. The molecule has 0 radical (unpaired) electrons. The molecular weight excluding hydrogens is 253 g/mol. The van der Waals surface area contributed by atoms with E-state index in [-0.39, 0.29) is 16.9 Å². The Morgan fingerprint density at radius 2 is 2.11 bits per heavy atom. The number of amides is 1. The van der Waals surface area contributed by atoms with Gasteiger partial charge in [0.05, 0.1) is 11.3 Å². The lowest BCUT2D eigenvalue weighted by atomic mass is 10.2. The highest BCUT2D eigenvalue weighted by molar-refractivity contribution is 5.93. The summed E-state index contributed by atoms with van der Waals surface area (Å²) in [4.78, 5) is 22.4. The number of carboxylic acid groups (broad SMARTS) is 1. The van der Waals surface area contributed by atoms with E-state index in [2.05, 4.69) is 10.4 Å². The second kappa shape index (κ2) is 4.89. The first kappa shape index (κ1) is 12.7. The summed E-state index contributed by atoms with van der Waals surface area (Å²) in [6.45, 7) is 0. The van der Waals surface area contributed by atoms with Gasteiger partial charge in [-0.1, -0.05) is 0 Å². The minimum absolute atomic E-state index is 0.142. The molecule has 2 rings (SSSR count). The molecule has 0 aliphatic heterocycles. The van der Waals surface area contributed by atoms with Crippen molar-refractivity contribution in [3.63, 3.8) is 0 Å². The Morgan fingerprint density at radius 1 is 1.37 bits per heavy atom. The van der Waals surface area contributed by atoms with Gasteiger partial charge in [-0.05, 0) is 24.3 Å². The van der Waals surface area contributed by atoms with Crippen molar-refractivity contribution >= 4 is 11.9 Å². The molecule has 2 aromatic rings. The Kier molecular flexibility index (Phi) is 3.28. The molecule has 0 fully saturated rings. The van der Waals surface area contributed by atoms with Crippen molar-refractivity contribution in [1.29, 1.82) is 0 Å². The molecule has 0 aliphatic carbocycles. The molecule has 1 aromatic carbocycles. The Balaban J connectivity index is 2.50. The molecule has 0 unspecified atom stereocenters. The van der Waals surface area contributed by atoms with Crippen LogP contribution in [0.25, 0.3) is 5.69 Å². The summed E-state index contributed by atoms with van der Waals surface area (Å²) in [7, 11) is 1.46. The van der Waals surface area contributed by atoms with Gasteiger partial charge in [-0.3, -0.25) is 4.79 Å². The molecule has 1 aromatic heterocycles. The molecule has 0 atom stereocenters. The van der Waals surface area contributed by atoms with Crippen LogP contribution in [-0.2, 0) is 0 Å². The zero-order chi connectivity index (χ0) is 14.0. The summed E-state index contributed by atoms with van der Waals surface area (Å²) in [5.74, 6) is -2.32. The maximum absolute atomic E-state index is 13.1. The Labute approximate surface area is 107 Å². The van der Waals surface area contributed by atoms with Gasteiger partial charge in [0, 0.05) is 13.2 Å².